The number of hydrogen-bond donors (Lipinski definition) is 0. The molecule has 2 amide bonds. The Morgan fingerprint density at radius 3 is 2.20 bits per heavy atom. The van der Waals surface area contributed by atoms with Gasteiger partial charge in [0.1, 0.15) is 5.75 Å². The predicted molar refractivity (Wildman–Crippen MR) is 176 cm³/mol. The molecule has 0 spiro atoms. The van der Waals surface area contributed by atoms with E-state index < -0.39 is 13.4 Å². The summed E-state index contributed by atoms with van der Waals surface area (Å²) in [5.74, 6) is -0.0822. The van der Waals surface area contributed by atoms with E-state index in [1.165, 1.54) is 0 Å². The van der Waals surface area contributed by atoms with E-state index in [0.29, 0.717) is 30.3 Å². The number of hydrogen-bond acceptors (Lipinski definition) is 8. The number of aryl methyl sites for hydroxylation is 2. The van der Waals surface area contributed by atoms with Crippen LogP contribution in [0.5, 0.6) is 5.75 Å². The molecule has 0 bridgehead atoms. The zero-order valence-electron chi connectivity index (χ0n) is 27.9. The summed E-state index contributed by atoms with van der Waals surface area (Å²) in [7, 11) is 4.69. The summed E-state index contributed by atoms with van der Waals surface area (Å²) in [5, 5.41) is 0.292. The lowest BCUT2D eigenvalue weighted by Crippen LogP contribution is -2.28. The van der Waals surface area contributed by atoms with Gasteiger partial charge in [0.25, 0.3) is 12.8 Å². The monoisotopic (exact) mass is 627 g/mol. The Balaban J connectivity index is 2.74. The van der Waals surface area contributed by atoms with Crippen molar-refractivity contribution in [3.8, 4) is 5.75 Å². The highest BCUT2D eigenvalue weighted by molar-refractivity contribution is 6.43. The van der Waals surface area contributed by atoms with Crippen LogP contribution in [0.1, 0.15) is 63.1 Å². The van der Waals surface area contributed by atoms with Crippen LogP contribution in [0, 0.1) is 13.8 Å². The molecular formula is C32H44BF2N5O5. The van der Waals surface area contributed by atoms with Crippen LogP contribution in [0.15, 0.2) is 40.3 Å². The average molecular weight is 628 g/mol. The molecule has 2 rings (SSSR count). The Bertz CT molecular complexity index is 1470. The number of ether oxygens (including phenoxy) is 1. The van der Waals surface area contributed by atoms with E-state index in [-0.39, 0.29) is 25.0 Å². The molecular weight excluding hydrogens is 583 g/mol. The molecule has 0 saturated carbocycles. The van der Waals surface area contributed by atoms with Gasteiger partial charge in [0.15, 0.2) is 0 Å². The normalized spacial score (nSPS) is 12.4. The SMILES string of the molecule is CCN(CCCC(=O)ON(C=O)C=O)c1cc(OC)c(/C(=C(C)\C(C)=C/C(C)=NB(F)F)c2c(C)cc(C)n2C)cc1N(C)C. The topological polar surface area (TPSA) is 96.7 Å². The number of methoxy groups -OCH3 is 1. The van der Waals surface area contributed by atoms with Crippen molar-refractivity contribution in [2.75, 3.05) is 44.1 Å². The van der Waals surface area contributed by atoms with Gasteiger partial charge in [-0.05, 0) is 82.9 Å². The molecule has 0 aliphatic carbocycles. The molecule has 0 atom stereocenters. The molecule has 45 heavy (non-hydrogen) atoms. The minimum Gasteiger partial charge on any atom is -0.496 e. The molecule has 0 fully saturated rings. The van der Waals surface area contributed by atoms with E-state index in [2.05, 4.69) is 26.5 Å². The number of benzene rings is 1. The third kappa shape index (κ3) is 9.29. The predicted octanol–water partition coefficient (Wildman–Crippen LogP) is 5.55. The van der Waals surface area contributed by atoms with Gasteiger partial charge in [0.05, 0.1) is 24.2 Å². The summed E-state index contributed by atoms with van der Waals surface area (Å²) in [6, 6.07) is 6.13. The van der Waals surface area contributed by atoms with Crippen LogP contribution in [0.4, 0.5) is 20.0 Å². The zero-order chi connectivity index (χ0) is 34.0. The van der Waals surface area contributed by atoms with Crippen molar-refractivity contribution in [1.82, 2.24) is 9.63 Å². The highest BCUT2D eigenvalue weighted by Crippen LogP contribution is 2.43. The number of allylic oxidation sites excluding steroid dienone is 3. The molecule has 1 aromatic heterocycles. The van der Waals surface area contributed by atoms with Gasteiger partial charge in [-0.3, -0.25) is 23.1 Å². The second kappa shape index (κ2) is 16.6. The van der Waals surface area contributed by atoms with Gasteiger partial charge in [0, 0.05) is 69.3 Å². The lowest BCUT2D eigenvalue weighted by Gasteiger charge is -2.30. The Kier molecular flexibility index (Phi) is 13.6. The van der Waals surface area contributed by atoms with Crippen molar-refractivity contribution in [1.29, 1.82) is 0 Å². The zero-order valence-corrected chi connectivity index (χ0v) is 27.9. The van der Waals surface area contributed by atoms with Crippen LogP contribution in [-0.4, -0.2) is 75.8 Å². The van der Waals surface area contributed by atoms with E-state index in [9.17, 15) is 23.0 Å². The second-order valence-corrected chi connectivity index (χ2v) is 10.9. The number of halogens is 2. The van der Waals surface area contributed by atoms with Gasteiger partial charge in [-0.2, -0.15) is 0 Å². The highest BCUT2D eigenvalue weighted by atomic mass is 19.2. The summed E-state index contributed by atoms with van der Waals surface area (Å²) in [4.78, 5) is 45.9. The van der Waals surface area contributed by atoms with Crippen molar-refractivity contribution >= 4 is 48.9 Å². The van der Waals surface area contributed by atoms with Crippen molar-refractivity contribution in [3.63, 3.8) is 0 Å². The number of carbonyl (C=O) groups excluding carboxylic acids is 3. The molecule has 2 aromatic rings. The maximum Gasteiger partial charge on any atom is 0.692 e. The molecule has 10 nitrogen and oxygen atoms in total. The number of anilines is 2. The van der Waals surface area contributed by atoms with E-state index in [1.54, 1.807) is 20.1 Å². The van der Waals surface area contributed by atoms with Crippen LogP contribution in [0.2, 0.25) is 0 Å². The average Bonchev–Trinajstić information content (AvgIpc) is 3.23. The third-order valence-electron chi connectivity index (χ3n) is 7.59. The number of aromatic nitrogens is 1. The minimum absolute atomic E-state index is 0.000709. The standard InChI is InChI=1S/C32H44BF2N5O5/c1-11-39(14-12-13-30(43)45-40(19-41)20-42)28-18-29(44-10)26(17-27(28)37(7)8)31(32-22(3)16-24(5)38(32)9)25(6)21(2)15-23(4)36-33(34)35/h15-20H,11-14H2,1-10H3/b21-15-,31-25+,36-23?. The minimum atomic E-state index is -2.79. The van der Waals surface area contributed by atoms with Gasteiger partial charge in [-0.25, -0.2) is 4.79 Å². The lowest BCUT2D eigenvalue weighted by molar-refractivity contribution is -0.190. The fourth-order valence-electron chi connectivity index (χ4n) is 5.23. The Morgan fingerprint density at radius 2 is 1.71 bits per heavy atom. The molecule has 0 N–H and O–H groups in total. The van der Waals surface area contributed by atoms with Crippen molar-refractivity contribution in [2.45, 2.75) is 54.4 Å². The van der Waals surface area contributed by atoms with Crippen LogP contribution in [-0.2, 0) is 26.3 Å². The highest BCUT2D eigenvalue weighted by Gasteiger charge is 2.24. The van der Waals surface area contributed by atoms with Crippen molar-refractivity contribution in [2.24, 2.45) is 12.0 Å². The van der Waals surface area contributed by atoms with Crippen molar-refractivity contribution in [3.05, 3.63) is 57.9 Å². The number of nitrogens with zero attached hydrogens (tertiary/aromatic N) is 5. The first-order valence-electron chi connectivity index (χ1n) is 14.6. The summed E-state index contributed by atoms with van der Waals surface area (Å²) in [5.41, 5.74) is 8.48. The van der Waals surface area contributed by atoms with Gasteiger partial charge in [0.2, 0.25) is 0 Å². The fourth-order valence-corrected chi connectivity index (χ4v) is 5.23. The summed E-state index contributed by atoms with van der Waals surface area (Å²) in [6.45, 7) is 12.6. The maximum atomic E-state index is 13.0. The number of imide groups is 1. The van der Waals surface area contributed by atoms with Crippen LogP contribution in [0.3, 0.4) is 0 Å². The third-order valence-corrected chi connectivity index (χ3v) is 7.59. The van der Waals surface area contributed by atoms with E-state index in [0.717, 1.165) is 50.6 Å². The second-order valence-electron chi connectivity index (χ2n) is 10.9. The molecule has 1 heterocycles. The smallest absolute Gasteiger partial charge is 0.496 e. The maximum absolute atomic E-state index is 13.0. The van der Waals surface area contributed by atoms with Gasteiger partial charge in [-0.1, -0.05) is 0 Å². The molecule has 0 aliphatic rings. The summed E-state index contributed by atoms with van der Waals surface area (Å²) >= 11 is 0. The molecule has 0 radical (unpaired) electrons. The summed E-state index contributed by atoms with van der Waals surface area (Å²) < 4.78 is 34.1. The van der Waals surface area contributed by atoms with E-state index in [4.69, 9.17) is 9.57 Å². The first-order valence-corrected chi connectivity index (χ1v) is 14.6. The van der Waals surface area contributed by atoms with Crippen molar-refractivity contribution < 1.29 is 32.6 Å². The quantitative estimate of drug-likeness (QED) is 0.0792. The molecule has 13 heteroatoms. The molecule has 244 valence electrons. The Labute approximate surface area is 265 Å². The number of carbonyl (C=O) groups is 3. The molecule has 1 aromatic carbocycles. The van der Waals surface area contributed by atoms with Gasteiger partial charge in [-0.15, -0.1) is 5.06 Å². The number of amides is 2. The first-order chi connectivity index (χ1) is 21.2. The molecule has 0 unspecified atom stereocenters. The lowest BCUT2D eigenvalue weighted by atomic mass is 9.90. The number of rotatable bonds is 16. The number of hydroxylamine groups is 2. The fraction of sp³-hybridized carbons (Fsp3) is 0.438. The van der Waals surface area contributed by atoms with Crippen LogP contribution in [0.25, 0.3) is 5.57 Å². The van der Waals surface area contributed by atoms with Crippen LogP contribution >= 0.6 is 0 Å². The Morgan fingerprint density at radius 1 is 1.07 bits per heavy atom. The molecule has 0 aliphatic heterocycles. The van der Waals surface area contributed by atoms with Gasteiger partial charge < -0.3 is 23.9 Å². The van der Waals surface area contributed by atoms with Gasteiger partial charge >= 0.3 is 13.4 Å². The first kappa shape index (κ1) is 36.8. The summed E-state index contributed by atoms with van der Waals surface area (Å²) in [6.07, 6.45) is 2.31. The van der Waals surface area contributed by atoms with E-state index >= 15 is 0 Å². The van der Waals surface area contributed by atoms with Crippen LogP contribution < -0.4 is 14.5 Å². The van der Waals surface area contributed by atoms with E-state index in [1.807, 2.05) is 66.7 Å². The molecule has 0 saturated heterocycles. The largest absolute Gasteiger partial charge is 0.692 e. The Hall–Kier alpha value is -4.42.